The van der Waals surface area contributed by atoms with E-state index in [1.54, 1.807) is 4.90 Å². The van der Waals surface area contributed by atoms with E-state index >= 15 is 0 Å². The molecule has 0 amide bonds. The second-order valence-corrected chi connectivity index (χ2v) is 8.61. The van der Waals surface area contributed by atoms with Crippen molar-refractivity contribution in [3.63, 3.8) is 0 Å². The minimum Gasteiger partial charge on any atom is -0.367 e. The molecule has 0 aromatic heterocycles. The Morgan fingerprint density at radius 2 is 1.70 bits per heavy atom. The van der Waals surface area contributed by atoms with Gasteiger partial charge < -0.3 is 4.90 Å². The molecule has 27 heavy (non-hydrogen) atoms. The molecule has 144 valence electrons. The molecule has 3 rings (SSSR count). The smallest absolute Gasteiger partial charge is 0.272 e. The van der Waals surface area contributed by atoms with Gasteiger partial charge in [-0.05, 0) is 24.3 Å². The molecule has 0 unspecified atom stereocenters. The minimum absolute atomic E-state index is 0.0337. The van der Waals surface area contributed by atoms with E-state index in [1.165, 1.54) is 34.6 Å². The Balaban J connectivity index is 1.76. The van der Waals surface area contributed by atoms with Gasteiger partial charge in [0, 0.05) is 37.3 Å². The summed E-state index contributed by atoms with van der Waals surface area (Å²) in [6.07, 6.45) is 0. The molecule has 0 aliphatic carbocycles. The summed E-state index contributed by atoms with van der Waals surface area (Å²) >= 11 is 11.8. The quantitative estimate of drug-likeness (QED) is 0.543. The van der Waals surface area contributed by atoms with Crippen LogP contribution in [0.15, 0.2) is 41.3 Å². The van der Waals surface area contributed by atoms with Gasteiger partial charge in [0.1, 0.15) is 4.90 Å². The third-order valence-electron chi connectivity index (χ3n) is 4.23. The topological polar surface area (TPSA) is 83.8 Å². The molecule has 11 heteroatoms. The van der Waals surface area contributed by atoms with E-state index in [1.807, 2.05) is 0 Å². The maximum atomic E-state index is 14.2. The first kappa shape index (κ1) is 19.8. The molecular formula is C16H14Cl2FN3O4S. The average molecular weight is 434 g/mol. The molecular weight excluding hydrogens is 420 g/mol. The Hall–Kier alpha value is -1.94. The standard InChI is InChI=1S/C16H14Cl2FN3O4S/c17-11-1-4-16(13(18)9-11)27(25,26)21-7-5-20(6-8-21)15-3-2-12(22(23)24)10-14(15)19/h1-4,9-10H,5-8H2. The highest BCUT2D eigenvalue weighted by Gasteiger charge is 2.31. The number of nitro benzene ring substituents is 1. The number of rotatable bonds is 4. The molecule has 1 heterocycles. The summed E-state index contributed by atoms with van der Waals surface area (Å²) in [4.78, 5) is 11.6. The SMILES string of the molecule is O=[N+]([O-])c1ccc(N2CCN(S(=O)(=O)c3ccc(Cl)cc3Cl)CC2)c(F)c1. The van der Waals surface area contributed by atoms with Crippen LogP contribution in [0, 0.1) is 15.9 Å². The van der Waals surface area contributed by atoms with Crippen molar-refractivity contribution in [3.05, 3.63) is 62.4 Å². The summed E-state index contributed by atoms with van der Waals surface area (Å²) in [7, 11) is -3.81. The maximum Gasteiger partial charge on any atom is 0.272 e. The van der Waals surface area contributed by atoms with Crippen molar-refractivity contribution in [1.29, 1.82) is 0 Å². The third-order valence-corrected chi connectivity index (χ3v) is 6.85. The van der Waals surface area contributed by atoms with Gasteiger partial charge in [-0.1, -0.05) is 23.2 Å². The summed E-state index contributed by atoms with van der Waals surface area (Å²) < 4.78 is 41.0. The van der Waals surface area contributed by atoms with Crippen LogP contribution in [0.1, 0.15) is 0 Å². The summed E-state index contributed by atoms with van der Waals surface area (Å²) in [6.45, 7) is 0.716. The van der Waals surface area contributed by atoms with E-state index in [0.717, 1.165) is 6.07 Å². The number of hydrogen-bond acceptors (Lipinski definition) is 5. The van der Waals surface area contributed by atoms with Gasteiger partial charge in [-0.25, -0.2) is 12.8 Å². The molecule has 2 aromatic rings. The van der Waals surface area contributed by atoms with Crippen molar-refractivity contribution in [2.45, 2.75) is 4.90 Å². The zero-order chi connectivity index (χ0) is 19.8. The van der Waals surface area contributed by atoms with Gasteiger partial charge in [-0.3, -0.25) is 10.1 Å². The number of non-ortho nitro benzene ring substituents is 1. The average Bonchev–Trinajstić information content (AvgIpc) is 2.61. The van der Waals surface area contributed by atoms with Crippen molar-refractivity contribution in [3.8, 4) is 0 Å². The monoisotopic (exact) mass is 433 g/mol. The first-order valence-electron chi connectivity index (χ1n) is 7.84. The molecule has 0 radical (unpaired) electrons. The second-order valence-electron chi connectivity index (χ2n) is 5.86. The number of halogens is 3. The van der Waals surface area contributed by atoms with Gasteiger partial charge in [0.2, 0.25) is 10.0 Å². The number of sulfonamides is 1. The number of nitro groups is 1. The normalized spacial score (nSPS) is 15.7. The van der Waals surface area contributed by atoms with Crippen molar-refractivity contribution >= 4 is 44.6 Å². The fourth-order valence-electron chi connectivity index (χ4n) is 2.86. The zero-order valence-electron chi connectivity index (χ0n) is 13.8. The summed E-state index contributed by atoms with van der Waals surface area (Å²) in [5.74, 6) is -0.721. The lowest BCUT2D eigenvalue weighted by Crippen LogP contribution is -2.49. The first-order chi connectivity index (χ1) is 12.7. The molecule has 0 N–H and O–H groups in total. The molecule has 1 aliphatic heterocycles. The lowest BCUT2D eigenvalue weighted by Gasteiger charge is -2.35. The van der Waals surface area contributed by atoms with Crippen molar-refractivity contribution in [1.82, 2.24) is 4.31 Å². The number of piperazine rings is 1. The first-order valence-corrected chi connectivity index (χ1v) is 10.0. The Kier molecular flexibility index (Phi) is 5.57. The van der Waals surface area contributed by atoms with Crippen LogP contribution in [0.25, 0.3) is 0 Å². The molecule has 1 fully saturated rings. The fraction of sp³-hybridized carbons (Fsp3) is 0.250. The van der Waals surface area contributed by atoms with Gasteiger partial charge in [-0.2, -0.15) is 4.31 Å². The van der Waals surface area contributed by atoms with E-state index in [-0.39, 0.29) is 47.5 Å². The molecule has 1 aliphatic rings. The van der Waals surface area contributed by atoms with E-state index in [0.29, 0.717) is 5.02 Å². The largest absolute Gasteiger partial charge is 0.367 e. The summed E-state index contributed by atoms with van der Waals surface area (Å²) in [5.41, 5.74) is -0.142. The highest BCUT2D eigenvalue weighted by atomic mass is 35.5. The van der Waals surface area contributed by atoms with Crippen LogP contribution in [-0.4, -0.2) is 43.8 Å². The van der Waals surface area contributed by atoms with Crippen LogP contribution in [0.5, 0.6) is 0 Å². The molecule has 0 atom stereocenters. The molecule has 2 aromatic carbocycles. The van der Waals surface area contributed by atoms with Crippen molar-refractivity contribution < 1.29 is 17.7 Å². The van der Waals surface area contributed by atoms with E-state index in [2.05, 4.69) is 0 Å². The van der Waals surface area contributed by atoms with E-state index in [9.17, 15) is 22.9 Å². The van der Waals surface area contributed by atoms with Gasteiger partial charge in [0.05, 0.1) is 21.7 Å². The van der Waals surface area contributed by atoms with Crippen LogP contribution in [0.4, 0.5) is 15.8 Å². The Morgan fingerprint density at radius 3 is 2.26 bits per heavy atom. The van der Waals surface area contributed by atoms with Crippen LogP contribution in [0.2, 0.25) is 10.0 Å². The van der Waals surface area contributed by atoms with Crippen LogP contribution in [-0.2, 0) is 10.0 Å². The number of benzene rings is 2. The third kappa shape index (κ3) is 4.01. The van der Waals surface area contributed by atoms with Gasteiger partial charge in [0.25, 0.3) is 5.69 Å². The number of anilines is 1. The second kappa shape index (κ2) is 7.59. The molecule has 7 nitrogen and oxygen atoms in total. The fourth-order valence-corrected chi connectivity index (χ4v) is 5.03. The Bertz CT molecular complexity index is 995. The number of nitrogens with zero attached hydrogens (tertiary/aromatic N) is 3. The lowest BCUT2D eigenvalue weighted by atomic mass is 10.2. The lowest BCUT2D eigenvalue weighted by molar-refractivity contribution is -0.385. The Labute approximate surface area is 165 Å². The molecule has 0 spiro atoms. The molecule has 0 saturated carbocycles. The highest BCUT2D eigenvalue weighted by molar-refractivity contribution is 7.89. The summed E-state index contributed by atoms with van der Waals surface area (Å²) in [6, 6.07) is 7.55. The zero-order valence-corrected chi connectivity index (χ0v) is 16.1. The van der Waals surface area contributed by atoms with Crippen LogP contribution in [0.3, 0.4) is 0 Å². The van der Waals surface area contributed by atoms with Gasteiger partial charge >= 0.3 is 0 Å². The predicted octanol–water partition coefficient (Wildman–Crippen LogP) is 3.55. The summed E-state index contributed by atoms with van der Waals surface area (Å²) in [5, 5.41) is 11.1. The predicted molar refractivity (Wildman–Crippen MR) is 100 cm³/mol. The van der Waals surface area contributed by atoms with Gasteiger partial charge in [-0.15, -0.1) is 0 Å². The maximum absolute atomic E-state index is 14.2. The van der Waals surface area contributed by atoms with E-state index < -0.39 is 20.8 Å². The Morgan fingerprint density at radius 1 is 1.04 bits per heavy atom. The van der Waals surface area contributed by atoms with Crippen molar-refractivity contribution in [2.24, 2.45) is 0 Å². The van der Waals surface area contributed by atoms with Crippen LogP contribution < -0.4 is 4.90 Å². The molecule has 0 bridgehead atoms. The minimum atomic E-state index is -3.81. The van der Waals surface area contributed by atoms with E-state index in [4.69, 9.17) is 23.2 Å². The van der Waals surface area contributed by atoms with Gasteiger partial charge in [0.15, 0.2) is 5.82 Å². The van der Waals surface area contributed by atoms with Crippen molar-refractivity contribution in [2.75, 3.05) is 31.1 Å². The highest BCUT2D eigenvalue weighted by Crippen LogP contribution is 2.30. The van der Waals surface area contributed by atoms with Crippen LogP contribution >= 0.6 is 23.2 Å². The molecule has 1 saturated heterocycles. The number of hydrogen-bond donors (Lipinski definition) is 0.